The second-order valence-electron chi connectivity index (χ2n) is 6.92. The van der Waals surface area contributed by atoms with Crippen molar-refractivity contribution in [2.24, 2.45) is 16.9 Å². The fourth-order valence-corrected chi connectivity index (χ4v) is 3.69. The fraction of sp³-hybridized carbons (Fsp3) is 0.875. The molecule has 2 aliphatic rings. The number of hydrogen-bond acceptors (Lipinski definition) is 5. The summed E-state index contributed by atoms with van der Waals surface area (Å²) in [5, 5.41) is 0. The molecule has 0 spiro atoms. The van der Waals surface area contributed by atoms with Crippen LogP contribution in [0.4, 0.5) is 0 Å². The van der Waals surface area contributed by atoms with Crippen molar-refractivity contribution in [3.05, 3.63) is 0 Å². The zero-order valence-corrected chi connectivity index (χ0v) is 12.9. The van der Waals surface area contributed by atoms with Crippen LogP contribution in [0.3, 0.4) is 0 Å². The van der Waals surface area contributed by atoms with Gasteiger partial charge in [0.15, 0.2) is 0 Å². The molecule has 0 unspecified atom stereocenters. The van der Waals surface area contributed by atoms with Crippen molar-refractivity contribution in [2.45, 2.75) is 76.2 Å². The van der Waals surface area contributed by atoms with E-state index in [1.807, 2.05) is 0 Å². The lowest BCUT2D eigenvalue weighted by Gasteiger charge is -2.35. The Morgan fingerprint density at radius 3 is 1.95 bits per heavy atom. The Bertz CT molecular complexity index is 383. The quantitative estimate of drug-likeness (QED) is 0.611. The third-order valence-corrected chi connectivity index (χ3v) is 5.23. The van der Waals surface area contributed by atoms with E-state index in [0.717, 1.165) is 44.9 Å². The summed E-state index contributed by atoms with van der Waals surface area (Å²) in [5.74, 6) is -1.00. The first-order valence-corrected chi connectivity index (χ1v) is 8.24. The number of rotatable bonds is 4. The molecule has 2 rings (SSSR count). The highest BCUT2D eigenvalue weighted by Crippen LogP contribution is 2.38. The van der Waals surface area contributed by atoms with Gasteiger partial charge >= 0.3 is 11.9 Å². The van der Waals surface area contributed by atoms with Gasteiger partial charge in [0.05, 0.1) is 6.42 Å². The Morgan fingerprint density at radius 2 is 1.43 bits per heavy atom. The molecule has 0 aromatic rings. The lowest BCUT2D eigenvalue weighted by molar-refractivity contribution is -0.166. The fourth-order valence-electron chi connectivity index (χ4n) is 3.69. The van der Waals surface area contributed by atoms with Crippen molar-refractivity contribution in [3.8, 4) is 0 Å². The summed E-state index contributed by atoms with van der Waals surface area (Å²) >= 11 is 0. The molecule has 2 aliphatic carbocycles. The molecular weight excluding hydrogens is 268 g/mol. The standard InChI is InChI=1S/C16H28N2O3/c17-12-15(7-3-1-4-8-15)11-13(19)21-14(20)16(18)9-5-2-6-10-16/h1-12,17-18H2. The number of nitrogens with two attached hydrogens (primary N) is 2. The van der Waals surface area contributed by atoms with Crippen LogP contribution in [0.1, 0.15) is 70.6 Å². The topological polar surface area (TPSA) is 95.4 Å². The van der Waals surface area contributed by atoms with Gasteiger partial charge in [-0.2, -0.15) is 0 Å². The van der Waals surface area contributed by atoms with Gasteiger partial charge in [0, 0.05) is 0 Å². The smallest absolute Gasteiger partial charge is 0.333 e. The predicted octanol–water partition coefficient (Wildman–Crippen LogP) is 2.02. The van der Waals surface area contributed by atoms with Gasteiger partial charge in [0.25, 0.3) is 0 Å². The van der Waals surface area contributed by atoms with E-state index in [9.17, 15) is 9.59 Å². The van der Waals surface area contributed by atoms with Crippen LogP contribution in [0.25, 0.3) is 0 Å². The first-order chi connectivity index (χ1) is 10.00. The summed E-state index contributed by atoms with van der Waals surface area (Å²) < 4.78 is 5.06. The van der Waals surface area contributed by atoms with Crippen molar-refractivity contribution in [1.82, 2.24) is 0 Å². The van der Waals surface area contributed by atoms with Crippen LogP contribution in [0, 0.1) is 5.41 Å². The van der Waals surface area contributed by atoms with Crippen molar-refractivity contribution >= 4 is 11.9 Å². The minimum Gasteiger partial charge on any atom is -0.392 e. The molecule has 0 radical (unpaired) electrons. The number of carbonyl (C=O) groups excluding carboxylic acids is 2. The van der Waals surface area contributed by atoms with E-state index in [-0.39, 0.29) is 11.8 Å². The molecule has 0 amide bonds. The average molecular weight is 296 g/mol. The second-order valence-corrected chi connectivity index (χ2v) is 6.92. The Balaban J connectivity index is 1.89. The van der Waals surface area contributed by atoms with Crippen LogP contribution in [-0.4, -0.2) is 24.0 Å². The minimum absolute atomic E-state index is 0.177. The molecule has 5 nitrogen and oxygen atoms in total. The van der Waals surface area contributed by atoms with Crippen LogP contribution < -0.4 is 11.5 Å². The summed E-state index contributed by atoms with van der Waals surface area (Å²) in [6.45, 7) is 0.476. The van der Waals surface area contributed by atoms with Gasteiger partial charge in [-0.15, -0.1) is 0 Å². The molecule has 0 saturated heterocycles. The normalized spacial score (nSPS) is 24.3. The maximum absolute atomic E-state index is 12.2. The number of esters is 2. The van der Waals surface area contributed by atoms with Gasteiger partial charge in [0.1, 0.15) is 5.54 Å². The summed E-state index contributed by atoms with van der Waals surface area (Å²) in [6, 6.07) is 0. The third kappa shape index (κ3) is 4.04. The zero-order chi connectivity index (χ0) is 15.3. The molecule has 0 aromatic carbocycles. The monoisotopic (exact) mass is 296 g/mol. The van der Waals surface area contributed by atoms with Crippen LogP contribution in [0.15, 0.2) is 0 Å². The van der Waals surface area contributed by atoms with E-state index in [4.69, 9.17) is 16.2 Å². The third-order valence-electron chi connectivity index (χ3n) is 5.23. The number of ether oxygens (including phenoxy) is 1. The highest BCUT2D eigenvalue weighted by Gasteiger charge is 2.40. The summed E-state index contributed by atoms with van der Waals surface area (Å²) in [6.07, 6.45) is 9.68. The van der Waals surface area contributed by atoms with Crippen molar-refractivity contribution in [1.29, 1.82) is 0 Å². The lowest BCUT2D eigenvalue weighted by atomic mass is 9.72. The maximum Gasteiger partial charge on any atom is 0.333 e. The molecule has 0 atom stereocenters. The Morgan fingerprint density at radius 1 is 0.905 bits per heavy atom. The molecule has 5 heteroatoms. The van der Waals surface area contributed by atoms with E-state index < -0.39 is 17.5 Å². The van der Waals surface area contributed by atoms with Crippen molar-refractivity contribution in [2.75, 3.05) is 6.54 Å². The van der Waals surface area contributed by atoms with Crippen LogP contribution >= 0.6 is 0 Å². The molecule has 0 bridgehead atoms. The van der Waals surface area contributed by atoms with E-state index >= 15 is 0 Å². The van der Waals surface area contributed by atoms with Crippen LogP contribution in [0.5, 0.6) is 0 Å². The van der Waals surface area contributed by atoms with E-state index in [1.165, 1.54) is 6.42 Å². The maximum atomic E-state index is 12.2. The summed E-state index contributed by atoms with van der Waals surface area (Å²) in [5.41, 5.74) is 10.8. The van der Waals surface area contributed by atoms with Gasteiger partial charge in [-0.05, 0) is 37.6 Å². The molecule has 120 valence electrons. The van der Waals surface area contributed by atoms with Gasteiger partial charge < -0.3 is 16.2 Å². The summed E-state index contributed by atoms with van der Waals surface area (Å²) in [7, 11) is 0. The lowest BCUT2D eigenvalue weighted by Crippen LogP contribution is -2.51. The molecule has 0 aromatic heterocycles. The number of carbonyl (C=O) groups is 2. The van der Waals surface area contributed by atoms with E-state index in [2.05, 4.69) is 0 Å². The van der Waals surface area contributed by atoms with Crippen molar-refractivity contribution in [3.63, 3.8) is 0 Å². The second kappa shape index (κ2) is 6.88. The Kier molecular flexibility index (Phi) is 5.38. The number of hydrogen-bond donors (Lipinski definition) is 2. The molecule has 0 heterocycles. The van der Waals surface area contributed by atoms with Crippen molar-refractivity contribution < 1.29 is 14.3 Å². The average Bonchev–Trinajstić information content (AvgIpc) is 2.48. The molecule has 21 heavy (non-hydrogen) atoms. The highest BCUT2D eigenvalue weighted by atomic mass is 16.6. The van der Waals surface area contributed by atoms with E-state index in [0.29, 0.717) is 19.4 Å². The Labute approximate surface area is 126 Å². The van der Waals surface area contributed by atoms with Crippen LogP contribution in [-0.2, 0) is 14.3 Å². The van der Waals surface area contributed by atoms with Gasteiger partial charge in [-0.3, -0.25) is 4.79 Å². The first kappa shape index (κ1) is 16.4. The first-order valence-electron chi connectivity index (χ1n) is 8.24. The van der Waals surface area contributed by atoms with Gasteiger partial charge in [0.2, 0.25) is 0 Å². The molecule has 2 saturated carbocycles. The van der Waals surface area contributed by atoms with Crippen LogP contribution in [0.2, 0.25) is 0 Å². The molecular formula is C16H28N2O3. The minimum atomic E-state index is -0.962. The molecule has 0 aliphatic heterocycles. The summed E-state index contributed by atoms with van der Waals surface area (Å²) in [4.78, 5) is 24.3. The Hall–Kier alpha value is -0.940. The SMILES string of the molecule is NCC1(CC(=O)OC(=O)C2(N)CCCCC2)CCCCC1. The van der Waals surface area contributed by atoms with E-state index in [1.54, 1.807) is 0 Å². The molecule has 2 fully saturated rings. The zero-order valence-electron chi connectivity index (χ0n) is 12.9. The predicted molar refractivity (Wildman–Crippen MR) is 80.3 cm³/mol. The molecule has 4 N–H and O–H groups in total. The van der Waals surface area contributed by atoms with Gasteiger partial charge in [-0.25, -0.2) is 4.79 Å². The largest absolute Gasteiger partial charge is 0.392 e. The highest BCUT2D eigenvalue weighted by molar-refractivity contribution is 5.91. The van der Waals surface area contributed by atoms with Gasteiger partial charge in [-0.1, -0.05) is 38.5 Å².